The Hall–Kier alpha value is -1.06. The Morgan fingerprint density at radius 2 is 1.88 bits per heavy atom. The van der Waals surface area contributed by atoms with E-state index in [1.54, 1.807) is 4.90 Å². The Labute approximate surface area is 96.9 Å². The van der Waals surface area contributed by atoms with Gasteiger partial charge in [-0.2, -0.15) is 0 Å². The molecule has 0 aromatic heterocycles. The number of likely N-dealkylation sites (N-methyl/N-ethyl adjacent to an activating group) is 1. The predicted molar refractivity (Wildman–Crippen MR) is 60.8 cm³/mol. The van der Waals surface area contributed by atoms with Crippen LogP contribution < -0.4 is 0 Å². The number of esters is 1. The summed E-state index contributed by atoms with van der Waals surface area (Å²) in [6.45, 7) is 4.52. The Balaban J connectivity index is 2.65. The molecule has 0 aliphatic heterocycles. The van der Waals surface area contributed by atoms with E-state index in [-0.39, 0.29) is 23.8 Å². The van der Waals surface area contributed by atoms with Crippen LogP contribution >= 0.6 is 0 Å². The van der Waals surface area contributed by atoms with Crippen LogP contribution in [0.5, 0.6) is 0 Å². The minimum absolute atomic E-state index is 0.0709. The van der Waals surface area contributed by atoms with Gasteiger partial charge in [-0.25, -0.2) is 0 Å². The fourth-order valence-electron chi connectivity index (χ4n) is 2.30. The van der Waals surface area contributed by atoms with E-state index in [1.165, 1.54) is 7.11 Å². The topological polar surface area (TPSA) is 46.6 Å². The third-order valence-corrected chi connectivity index (χ3v) is 3.44. The molecule has 0 N–H and O–H groups in total. The van der Waals surface area contributed by atoms with Crippen molar-refractivity contribution in [3.05, 3.63) is 0 Å². The van der Waals surface area contributed by atoms with Crippen LogP contribution in [0.2, 0.25) is 0 Å². The maximum Gasteiger partial charge on any atom is 0.325 e. The number of ether oxygens (including phenoxy) is 1. The fourth-order valence-corrected chi connectivity index (χ4v) is 2.30. The quantitative estimate of drug-likeness (QED) is 0.685. The normalized spacial score (nSPS) is 18.2. The number of methoxy groups -OCH3 is 1. The molecule has 16 heavy (non-hydrogen) atoms. The van der Waals surface area contributed by atoms with E-state index < -0.39 is 0 Å². The van der Waals surface area contributed by atoms with E-state index in [9.17, 15) is 9.59 Å². The minimum Gasteiger partial charge on any atom is -0.468 e. The van der Waals surface area contributed by atoms with Gasteiger partial charge in [-0.05, 0) is 19.8 Å². The van der Waals surface area contributed by atoms with E-state index in [1.807, 2.05) is 13.8 Å². The summed E-state index contributed by atoms with van der Waals surface area (Å²) < 4.78 is 4.60. The SMILES string of the molecule is CCN(CC(=O)OC)C(=O)C1(C)CCCC1. The monoisotopic (exact) mass is 227 g/mol. The molecule has 0 aromatic carbocycles. The van der Waals surface area contributed by atoms with Crippen LogP contribution in [0.4, 0.5) is 0 Å². The van der Waals surface area contributed by atoms with Gasteiger partial charge in [0.05, 0.1) is 7.11 Å². The van der Waals surface area contributed by atoms with Crippen molar-refractivity contribution in [2.45, 2.75) is 39.5 Å². The fraction of sp³-hybridized carbons (Fsp3) is 0.833. The molecule has 4 heteroatoms. The van der Waals surface area contributed by atoms with Crippen molar-refractivity contribution in [3.8, 4) is 0 Å². The van der Waals surface area contributed by atoms with E-state index in [4.69, 9.17) is 0 Å². The van der Waals surface area contributed by atoms with Crippen LogP contribution in [-0.2, 0) is 14.3 Å². The highest BCUT2D eigenvalue weighted by molar-refractivity contribution is 5.86. The van der Waals surface area contributed by atoms with Crippen LogP contribution in [-0.4, -0.2) is 37.0 Å². The Kier molecular flexibility index (Phi) is 4.33. The van der Waals surface area contributed by atoms with Crippen LogP contribution in [0.1, 0.15) is 39.5 Å². The summed E-state index contributed by atoms with van der Waals surface area (Å²) in [5.74, 6) is -0.255. The van der Waals surface area contributed by atoms with Gasteiger partial charge < -0.3 is 9.64 Å². The molecule has 1 amide bonds. The molecule has 0 aromatic rings. The lowest BCUT2D eigenvalue weighted by molar-refractivity contribution is -0.150. The summed E-state index contributed by atoms with van der Waals surface area (Å²) in [5, 5.41) is 0. The van der Waals surface area contributed by atoms with Crippen molar-refractivity contribution in [2.24, 2.45) is 5.41 Å². The average Bonchev–Trinajstić information content (AvgIpc) is 2.73. The van der Waals surface area contributed by atoms with Gasteiger partial charge in [0.1, 0.15) is 6.54 Å². The smallest absolute Gasteiger partial charge is 0.325 e. The standard InChI is InChI=1S/C12H21NO3/c1-4-13(9-10(14)16-3)11(15)12(2)7-5-6-8-12/h4-9H2,1-3H3. The molecule has 0 atom stereocenters. The first-order chi connectivity index (χ1) is 7.53. The summed E-state index contributed by atoms with van der Waals surface area (Å²) in [6, 6.07) is 0. The van der Waals surface area contributed by atoms with Crippen molar-refractivity contribution >= 4 is 11.9 Å². The largest absolute Gasteiger partial charge is 0.468 e. The molecule has 92 valence electrons. The number of amides is 1. The highest BCUT2D eigenvalue weighted by atomic mass is 16.5. The summed E-state index contributed by atoms with van der Waals surface area (Å²) in [5.41, 5.74) is -0.260. The summed E-state index contributed by atoms with van der Waals surface area (Å²) in [7, 11) is 1.35. The maximum atomic E-state index is 12.3. The maximum absolute atomic E-state index is 12.3. The van der Waals surface area contributed by atoms with Gasteiger partial charge in [-0.15, -0.1) is 0 Å². The zero-order valence-electron chi connectivity index (χ0n) is 10.4. The van der Waals surface area contributed by atoms with Crippen molar-refractivity contribution in [1.82, 2.24) is 4.90 Å². The molecule has 0 bridgehead atoms. The third kappa shape index (κ3) is 2.74. The molecule has 4 nitrogen and oxygen atoms in total. The molecule has 1 fully saturated rings. The zero-order valence-corrected chi connectivity index (χ0v) is 10.4. The van der Waals surface area contributed by atoms with Gasteiger partial charge in [-0.3, -0.25) is 9.59 Å². The van der Waals surface area contributed by atoms with Crippen molar-refractivity contribution in [2.75, 3.05) is 20.2 Å². The van der Waals surface area contributed by atoms with Gasteiger partial charge in [0.15, 0.2) is 0 Å². The van der Waals surface area contributed by atoms with Gasteiger partial charge >= 0.3 is 5.97 Å². The lowest BCUT2D eigenvalue weighted by Crippen LogP contribution is -2.43. The summed E-state index contributed by atoms with van der Waals surface area (Å²) >= 11 is 0. The highest BCUT2D eigenvalue weighted by Gasteiger charge is 2.39. The molecule has 1 rings (SSSR count). The molecular formula is C12H21NO3. The summed E-state index contributed by atoms with van der Waals surface area (Å²) in [6.07, 6.45) is 4.09. The zero-order chi connectivity index (χ0) is 12.2. The van der Waals surface area contributed by atoms with E-state index in [2.05, 4.69) is 4.74 Å². The predicted octanol–water partition coefficient (Wildman–Crippen LogP) is 1.59. The number of rotatable bonds is 4. The minimum atomic E-state index is -0.350. The molecule has 0 radical (unpaired) electrons. The lowest BCUT2D eigenvalue weighted by atomic mass is 9.87. The molecular weight excluding hydrogens is 206 g/mol. The molecule has 0 spiro atoms. The summed E-state index contributed by atoms with van der Waals surface area (Å²) in [4.78, 5) is 25.1. The van der Waals surface area contributed by atoms with Gasteiger partial charge in [0.25, 0.3) is 0 Å². The molecule has 1 saturated carbocycles. The van der Waals surface area contributed by atoms with Crippen LogP contribution in [0.3, 0.4) is 0 Å². The number of hydrogen-bond acceptors (Lipinski definition) is 3. The van der Waals surface area contributed by atoms with Gasteiger partial charge in [0, 0.05) is 12.0 Å². The van der Waals surface area contributed by atoms with E-state index in [0.29, 0.717) is 6.54 Å². The van der Waals surface area contributed by atoms with Crippen LogP contribution in [0.15, 0.2) is 0 Å². The van der Waals surface area contributed by atoms with Crippen molar-refractivity contribution < 1.29 is 14.3 Å². The average molecular weight is 227 g/mol. The Morgan fingerprint density at radius 1 is 1.31 bits per heavy atom. The van der Waals surface area contributed by atoms with E-state index in [0.717, 1.165) is 25.7 Å². The Morgan fingerprint density at radius 3 is 2.31 bits per heavy atom. The van der Waals surface area contributed by atoms with Gasteiger partial charge in [0.2, 0.25) is 5.91 Å². The number of hydrogen-bond donors (Lipinski definition) is 0. The second kappa shape index (κ2) is 5.32. The van der Waals surface area contributed by atoms with E-state index >= 15 is 0 Å². The number of carbonyl (C=O) groups excluding carboxylic acids is 2. The number of carbonyl (C=O) groups is 2. The first-order valence-electron chi connectivity index (χ1n) is 5.89. The molecule has 1 aliphatic carbocycles. The molecule has 0 saturated heterocycles. The number of nitrogens with zero attached hydrogens (tertiary/aromatic N) is 1. The van der Waals surface area contributed by atoms with Crippen LogP contribution in [0.25, 0.3) is 0 Å². The van der Waals surface area contributed by atoms with Crippen molar-refractivity contribution in [1.29, 1.82) is 0 Å². The molecule has 1 aliphatic rings. The highest BCUT2D eigenvalue weighted by Crippen LogP contribution is 2.39. The molecule has 0 unspecified atom stereocenters. The van der Waals surface area contributed by atoms with Crippen LogP contribution in [0, 0.1) is 5.41 Å². The third-order valence-electron chi connectivity index (χ3n) is 3.44. The first-order valence-corrected chi connectivity index (χ1v) is 5.89. The van der Waals surface area contributed by atoms with Gasteiger partial charge in [-0.1, -0.05) is 19.8 Å². The second-order valence-electron chi connectivity index (χ2n) is 4.66. The lowest BCUT2D eigenvalue weighted by Gasteiger charge is -2.30. The first kappa shape index (κ1) is 13.0. The molecule has 0 heterocycles. The van der Waals surface area contributed by atoms with Crippen molar-refractivity contribution in [3.63, 3.8) is 0 Å². The second-order valence-corrected chi connectivity index (χ2v) is 4.66. The Bertz CT molecular complexity index is 269.